The molecule has 3 atom stereocenters. The number of furan rings is 1. The maximum absolute atomic E-state index is 10.2. The van der Waals surface area contributed by atoms with Gasteiger partial charge in [0.05, 0.1) is 31.3 Å². The third-order valence-electron chi connectivity index (χ3n) is 3.87. The molecule has 94 valence electrons. The van der Waals surface area contributed by atoms with Crippen molar-refractivity contribution in [3.8, 4) is 0 Å². The highest BCUT2D eigenvalue weighted by molar-refractivity contribution is 5.07. The number of hydrogen-bond donors (Lipinski definition) is 1. The Labute approximate surface area is 101 Å². The molecule has 0 spiro atoms. The van der Waals surface area contributed by atoms with Crippen molar-refractivity contribution >= 4 is 0 Å². The van der Waals surface area contributed by atoms with Crippen LogP contribution in [0.1, 0.15) is 18.4 Å². The zero-order valence-electron chi connectivity index (χ0n) is 9.92. The second-order valence-corrected chi connectivity index (χ2v) is 5.07. The fourth-order valence-electron chi connectivity index (χ4n) is 2.86. The Morgan fingerprint density at radius 3 is 3.29 bits per heavy atom. The lowest BCUT2D eigenvalue weighted by Gasteiger charge is -2.37. The van der Waals surface area contributed by atoms with Crippen LogP contribution in [0.5, 0.6) is 0 Å². The van der Waals surface area contributed by atoms with E-state index in [1.165, 1.54) is 12.8 Å². The van der Waals surface area contributed by atoms with Crippen LogP contribution in [0.4, 0.5) is 0 Å². The maximum atomic E-state index is 10.2. The number of fused-ring (bicyclic) bond motifs is 1. The standard InChI is InChI=1S/C13H19NO3/c15-12(6-10-3-5-16-8-10)13-7-14-4-1-2-11(14)9-17-13/h3,5,8,11-13,15H,1-2,4,6-7,9H2. The van der Waals surface area contributed by atoms with Crippen LogP contribution >= 0.6 is 0 Å². The molecule has 0 aromatic carbocycles. The molecule has 1 N–H and O–H groups in total. The van der Waals surface area contributed by atoms with Crippen molar-refractivity contribution in [3.63, 3.8) is 0 Å². The van der Waals surface area contributed by atoms with Gasteiger partial charge < -0.3 is 14.3 Å². The minimum absolute atomic E-state index is 0.0563. The van der Waals surface area contributed by atoms with Gasteiger partial charge in [-0.25, -0.2) is 0 Å². The summed E-state index contributed by atoms with van der Waals surface area (Å²) in [6.07, 6.45) is 5.95. The second-order valence-electron chi connectivity index (χ2n) is 5.07. The predicted molar refractivity (Wildman–Crippen MR) is 62.8 cm³/mol. The van der Waals surface area contributed by atoms with E-state index in [1.807, 2.05) is 6.07 Å². The van der Waals surface area contributed by atoms with Crippen LogP contribution in [-0.2, 0) is 11.2 Å². The highest BCUT2D eigenvalue weighted by Gasteiger charge is 2.35. The number of aliphatic hydroxyl groups excluding tert-OH is 1. The highest BCUT2D eigenvalue weighted by Crippen LogP contribution is 2.24. The number of rotatable bonds is 3. The van der Waals surface area contributed by atoms with Gasteiger partial charge in [-0.2, -0.15) is 0 Å². The van der Waals surface area contributed by atoms with Crippen LogP contribution in [-0.4, -0.2) is 48.0 Å². The van der Waals surface area contributed by atoms with Gasteiger partial charge in [-0.1, -0.05) is 0 Å². The largest absolute Gasteiger partial charge is 0.472 e. The molecular formula is C13H19NO3. The van der Waals surface area contributed by atoms with Gasteiger partial charge in [-0.15, -0.1) is 0 Å². The van der Waals surface area contributed by atoms with Crippen LogP contribution in [0.25, 0.3) is 0 Å². The predicted octanol–water partition coefficient (Wildman–Crippen LogP) is 1.05. The number of aliphatic hydroxyl groups is 1. The van der Waals surface area contributed by atoms with Crippen LogP contribution in [0.3, 0.4) is 0 Å². The number of nitrogens with zero attached hydrogens (tertiary/aromatic N) is 1. The number of hydrogen-bond acceptors (Lipinski definition) is 4. The Kier molecular flexibility index (Phi) is 3.18. The van der Waals surface area contributed by atoms with Gasteiger partial charge in [-0.3, -0.25) is 4.90 Å². The second kappa shape index (κ2) is 4.80. The minimum Gasteiger partial charge on any atom is -0.472 e. The van der Waals surface area contributed by atoms with Crippen molar-refractivity contribution in [2.24, 2.45) is 0 Å². The summed E-state index contributed by atoms with van der Waals surface area (Å²) in [5.74, 6) is 0. The van der Waals surface area contributed by atoms with E-state index in [2.05, 4.69) is 4.90 Å². The fraction of sp³-hybridized carbons (Fsp3) is 0.692. The molecule has 2 fully saturated rings. The molecule has 0 amide bonds. The van der Waals surface area contributed by atoms with Gasteiger partial charge >= 0.3 is 0 Å². The van der Waals surface area contributed by atoms with Crippen molar-refractivity contribution in [2.45, 2.75) is 37.5 Å². The molecule has 2 saturated heterocycles. The van der Waals surface area contributed by atoms with Crippen molar-refractivity contribution < 1.29 is 14.3 Å². The lowest BCUT2D eigenvalue weighted by atomic mass is 10.0. The normalized spacial score (nSPS) is 31.4. The van der Waals surface area contributed by atoms with Gasteiger partial charge in [-0.05, 0) is 31.0 Å². The third-order valence-corrected chi connectivity index (χ3v) is 3.87. The monoisotopic (exact) mass is 237 g/mol. The van der Waals surface area contributed by atoms with Gasteiger partial charge in [0.25, 0.3) is 0 Å². The highest BCUT2D eigenvalue weighted by atomic mass is 16.5. The van der Waals surface area contributed by atoms with Crippen LogP contribution in [0.15, 0.2) is 23.0 Å². The Balaban J connectivity index is 1.57. The van der Waals surface area contributed by atoms with Gasteiger partial charge in [0.2, 0.25) is 0 Å². The van der Waals surface area contributed by atoms with Crippen molar-refractivity contribution in [2.75, 3.05) is 19.7 Å². The van der Waals surface area contributed by atoms with Crippen molar-refractivity contribution in [1.29, 1.82) is 0 Å². The minimum atomic E-state index is -0.436. The topological polar surface area (TPSA) is 45.8 Å². The average molecular weight is 237 g/mol. The van der Waals surface area contributed by atoms with E-state index in [1.54, 1.807) is 12.5 Å². The molecule has 4 heteroatoms. The van der Waals surface area contributed by atoms with Crippen LogP contribution in [0.2, 0.25) is 0 Å². The van der Waals surface area contributed by atoms with Crippen molar-refractivity contribution in [3.05, 3.63) is 24.2 Å². The molecule has 3 rings (SSSR count). The molecule has 3 heterocycles. The zero-order valence-corrected chi connectivity index (χ0v) is 9.92. The van der Waals surface area contributed by atoms with E-state index < -0.39 is 6.10 Å². The fourth-order valence-corrected chi connectivity index (χ4v) is 2.86. The molecular weight excluding hydrogens is 218 g/mol. The molecule has 1 aromatic heterocycles. The van der Waals surface area contributed by atoms with Crippen LogP contribution < -0.4 is 0 Å². The van der Waals surface area contributed by atoms with Gasteiger partial charge in [0.1, 0.15) is 0 Å². The van der Waals surface area contributed by atoms with E-state index in [-0.39, 0.29) is 6.10 Å². The molecule has 0 saturated carbocycles. The van der Waals surface area contributed by atoms with Crippen molar-refractivity contribution in [1.82, 2.24) is 4.90 Å². The molecule has 4 nitrogen and oxygen atoms in total. The van der Waals surface area contributed by atoms with Gasteiger partial charge in [0, 0.05) is 19.0 Å². The summed E-state index contributed by atoms with van der Waals surface area (Å²) in [5, 5.41) is 10.2. The first-order valence-electron chi connectivity index (χ1n) is 6.38. The van der Waals surface area contributed by atoms with E-state index in [0.29, 0.717) is 12.5 Å². The molecule has 17 heavy (non-hydrogen) atoms. The smallest absolute Gasteiger partial charge is 0.0964 e. The average Bonchev–Trinajstić information content (AvgIpc) is 2.97. The molecule has 3 unspecified atom stereocenters. The molecule has 1 aromatic rings. The maximum Gasteiger partial charge on any atom is 0.0964 e. The Morgan fingerprint density at radius 1 is 1.53 bits per heavy atom. The van der Waals surface area contributed by atoms with E-state index in [0.717, 1.165) is 25.3 Å². The van der Waals surface area contributed by atoms with Gasteiger partial charge in [0.15, 0.2) is 0 Å². The summed E-state index contributed by atoms with van der Waals surface area (Å²) >= 11 is 0. The third kappa shape index (κ3) is 2.39. The Morgan fingerprint density at radius 2 is 2.47 bits per heavy atom. The summed E-state index contributed by atoms with van der Waals surface area (Å²) < 4.78 is 10.8. The Hall–Kier alpha value is -0.840. The summed E-state index contributed by atoms with van der Waals surface area (Å²) in [4.78, 5) is 2.45. The first kappa shape index (κ1) is 11.3. The Bertz CT molecular complexity index is 352. The lowest BCUT2D eigenvalue weighted by Crippen LogP contribution is -2.50. The van der Waals surface area contributed by atoms with E-state index in [4.69, 9.17) is 9.15 Å². The summed E-state index contributed by atoms with van der Waals surface area (Å²) in [5.41, 5.74) is 1.03. The molecule has 2 aliphatic heterocycles. The summed E-state index contributed by atoms with van der Waals surface area (Å²) in [6, 6.07) is 2.48. The van der Waals surface area contributed by atoms with E-state index in [9.17, 15) is 5.11 Å². The first-order valence-corrected chi connectivity index (χ1v) is 6.38. The molecule has 0 aliphatic carbocycles. The number of morpholine rings is 1. The molecule has 0 bridgehead atoms. The number of ether oxygens (including phenoxy) is 1. The summed E-state index contributed by atoms with van der Waals surface area (Å²) in [6.45, 7) is 2.79. The van der Waals surface area contributed by atoms with Crippen LogP contribution in [0, 0.1) is 0 Å². The van der Waals surface area contributed by atoms with E-state index >= 15 is 0 Å². The quantitative estimate of drug-likeness (QED) is 0.853. The first-order chi connectivity index (χ1) is 8.33. The summed E-state index contributed by atoms with van der Waals surface area (Å²) in [7, 11) is 0. The molecule has 0 radical (unpaired) electrons. The zero-order chi connectivity index (χ0) is 11.7. The SMILES string of the molecule is OC(Cc1ccoc1)C1CN2CCCC2CO1. The molecule has 2 aliphatic rings. The lowest BCUT2D eigenvalue weighted by molar-refractivity contribution is -0.101.